The topological polar surface area (TPSA) is 108 Å². The molecule has 2 aromatic carbocycles. The zero-order valence-electron chi connectivity index (χ0n) is 21.1. The highest BCUT2D eigenvalue weighted by molar-refractivity contribution is 7.93. The summed E-state index contributed by atoms with van der Waals surface area (Å²) < 4.78 is 33.1. The number of nitrogens with zero attached hydrogens (tertiary/aromatic N) is 5. The molecule has 0 amide bonds. The van der Waals surface area contributed by atoms with Crippen LogP contribution in [0, 0.1) is 0 Å². The predicted octanol–water partition coefficient (Wildman–Crippen LogP) is 3.34. The van der Waals surface area contributed by atoms with Crippen LogP contribution in [-0.4, -0.2) is 76.1 Å². The average Bonchev–Trinajstić information content (AvgIpc) is 2.91. The van der Waals surface area contributed by atoms with Gasteiger partial charge in [0, 0.05) is 49.7 Å². The van der Waals surface area contributed by atoms with Gasteiger partial charge in [0.15, 0.2) is 0 Å². The van der Waals surface area contributed by atoms with Gasteiger partial charge in [-0.3, -0.25) is 4.31 Å². The molecule has 0 bridgehead atoms. The number of hydrogen-bond acceptors (Lipinski definition) is 9. The minimum Gasteiger partial charge on any atom is -0.465 e. The molecule has 2 aliphatic heterocycles. The Hall–Kier alpha value is -3.70. The maximum absolute atomic E-state index is 13.5. The number of ether oxygens (including phenoxy) is 1. The van der Waals surface area contributed by atoms with Crippen LogP contribution in [0.5, 0.6) is 0 Å². The minimum atomic E-state index is -3.90. The number of fused-ring (bicyclic) bond motifs is 3. The second-order valence-electron chi connectivity index (χ2n) is 9.17. The molecule has 11 heteroatoms. The molecule has 0 atom stereocenters. The lowest BCUT2D eigenvalue weighted by atomic mass is 10.1. The third-order valence-electron chi connectivity index (χ3n) is 6.68. The van der Waals surface area contributed by atoms with E-state index in [1.54, 1.807) is 18.2 Å². The Balaban J connectivity index is 1.47. The van der Waals surface area contributed by atoms with Gasteiger partial charge in [0.05, 0.1) is 30.3 Å². The molecular formula is C26H30N6O4S. The molecule has 0 radical (unpaired) electrons. The SMILES string of the molecule is CCCN1c2cc(C(=O)OC)ccc2-c2nc(Nc3ccc(N4CCN(C)CC4)cc3)ncc2S1(=O)=O. The lowest BCUT2D eigenvalue weighted by Gasteiger charge is -2.34. The summed E-state index contributed by atoms with van der Waals surface area (Å²) in [6.45, 7) is 6.19. The molecule has 0 aliphatic carbocycles. The van der Waals surface area contributed by atoms with E-state index in [0.29, 0.717) is 23.4 Å². The first-order valence-corrected chi connectivity index (χ1v) is 13.7. The van der Waals surface area contributed by atoms with Crippen molar-refractivity contribution in [3.05, 3.63) is 54.2 Å². The molecule has 5 rings (SSSR count). The Kier molecular flexibility index (Phi) is 6.74. The van der Waals surface area contributed by atoms with Gasteiger partial charge in [-0.05, 0) is 55.9 Å². The summed E-state index contributed by atoms with van der Waals surface area (Å²) in [5.74, 6) is -0.249. The van der Waals surface area contributed by atoms with Crippen molar-refractivity contribution in [3.63, 3.8) is 0 Å². The molecule has 1 N–H and O–H groups in total. The van der Waals surface area contributed by atoms with Gasteiger partial charge in [0.1, 0.15) is 4.90 Å². The number of carbonyl (C=O) groups is 1. The number of sulfonamides is 1. The normalized spacial score (nSPS) is 16.6. The number of piperazine rings is 1. The number of methoxy groups -OCH3 is 1. The van der Waals surface area contributed by atoms with Crippen molar-refractivity contribution in [3.8, 4) is 11.3 Å². The average molecular weight is 523 g/mol. The first kappa shape index (κ1) is 25.0. The standard InChI is InChI=1S/C26H30N6O4S/c1-4-11-32-22-16-18(25(33)36-3)5-10-21(22)24-23(37(32,34)35)17-27-26(29-24)28-19-6-8-20(9-7-19)31-14-12-30(2)13-15-31/h5-10,16-17H,4,11-15H2,1-3H3,(H,27,28,29). The van der Waals surface area contributed by atoms with Crippen LogP contribution in [0.4, 0.5) is 23.0 Å². The van der Waals surface area contributed by atoms with E-state index >= 15 is 0 Å². The van der Waals surface area contributed by atoms with E-state index in [9.17, 15) is 13.2 Å². The summed E-state index contributed by atoms with van der Waals surface area (Å²) in [7, 11) is -0.477. The smallest absolute Gasteiger partial charge is 0.337 e. The second-order valence-corrected chi connectivity index (χ2v) is 11.0. The predicted molar refractivity (Wildman–Crippen MR) is 143 cm³/mol. The molecule has 0 spiro atoms. The summed E-state index contributed by atoms with van der Waals surface area (Å²) in [5, 5.41) is 3.19. The molecule has 2 aliphatic rings. The number of rotatable bonds is 6. The molecule has 37 heavy (non-hydrogen) atoms. The van der Waals surface area contributed by atoms with Gasteiger partial charge >= 0.3 is 5.97 Å². The van der Waals surface area contributed by atoms with Crippen LogP contribution in [0.15, 0.2) is 53.6 Å². The lowest BCUT2D eigenvalue weighted by molar-refractivity contribution is 0.0600. The Morgan fingerprint density at radius 2 is 1.81 bits per heavy atom. The number of nitrogens with one attached hydrogen (secondary N) is 1. The van der Waals surface area contributed by atoms with E-state index in [2.05, 4.69) is 44.3 Å². The van der Waals surface area contributed by atoms with E-state index < -0.39 is 16.0 Å². The Morgan fingerprint density at radius 3 is 2.49 bits per heavy atom. The van der Waals surface area contributed by atoms with Crippen LogP contribution in [0.3, 0.4) is 0 Å². The number of anilines is 4. The quantitative estimate of drug-likeness (QED) is 0.488. The van der Waals surface area contributed by atoms with E-state index in [0.717, 1.165) is 37.6 Å². The zero-order valence-corrected chi connectivity index (χ0v) is 22.0. The fourth-order valence-electron chi connectivity index (χ4n) is 4.64. The minimum absolute atomic E-state index is 0.0373. The number of hydrogen-bond donors (Lipinski definition) is 1. The molecule has 0 unspecified atom stereocenters. The van der Waals surface area contributed by atoms with Crippen molar-refractivity contribution >= 4 is 39.0 Å². The van der Waals surface area contributed by atoms with E-state index in [1.807, 2.05) is 19.1 Å². The number of benzene rings is 2. The van der Waals surface area contributed by atoms with Crippen LogP contribution in [0.2, 0.25) is 0 Å². The van der Waals surface area contributed by atoms with Crippen LogP contribution in [0.1, 0.15) is 23.7 Å². The van der Waals surface area contributed by atoms with Crippen molar-refractivity contribution in [1.29, 1.82) is 0 Å². The highest BCUT2D eigenvalue weighted by Gasteiger charge is 2.36. The summed E-state index contributed by atoms with van der Waals surface area (Å²) in [5.41, 5.74) is 3.53. The number of aromatic nitrogens is 2. The van der Waals surface area contributed by atoms with Crippen molar-refractivity contribution < 1.29 is 17.9 Å². The highest BCUT2D eigenvalue weighted by Crippen LogP contribution is 2.42. The first-order valence-electron chi connectivity index (χ1n) is 12.2. The van der Waals surface area contributed by atoms with Gasteiger partial charge < -0.3 is 19.9 Å². The van der Waals surface area contributed by atoms with Crippen molar-refractivity contribution in [1.82, 2.24) is 14.9 Å². The fourth-order valence-corrected chi connectivity index (χ4v) is 6.29. The van der Waals surface area contributed by atoms with E-state index in [4.69, 9.17) is 4.74 Å². The van der Waals surface area contributed by atoms with E-state index in [1.165, 1.54) is 17.6 Å². The van der Waals surface area contributed by atoms with Crippen molar-refractivity contribution in [2.24, 2.45) is 0 Å². The van der Waals surface area contributed by atoms with Crippen LogP contribution < -0.4 is 14.5 Å². The Bertz CT molecular complexity index is 1420. The van der Waals surface area contributed by atoms with E-state index in [-0.39, 0.29) is 23.0 Å². The van der Waals surface area contributed by atoms with Gasteiger partial charge in [-0.15, -0.1) is 0 Å². The number of likely N-dealkylation sites (N-methyl/N-ethyl adjacent to an activating group) is 1. The van der Waals surface area contributed by atoms with Gasteiger partial charge in [-0.25, -0.2) is 23.2 Å². The third kappa shape index (κ3) is 4.72. The van der Waals surface area contributed by atoms with Crippen molar-refractivity contribution in [2.45, 2.75) is 18.2 Å². The molecule has 1 fully saturated rings. The Labute approximate surface area is 216 Å². The fraction of sp³-hybridized carbons (Fsp3) is 0.346. The van der Waals surface area contributed by atoms with Gasteiger partial charge in [0.25, 0.3) is 10.0 Å². The van der Waals surface area contributed by atoms with Gasteiger partial charge in [-0.1, -0.05) is 6.92 Å². The number of carbonyl (C=O) groups excluding carboxylic acids is 1. The van der Waals surface area contributed by atoms with Crippen LogP contribution in [0.25, 0.3) is 11.3 Å². The maximum Gasteiger partial charge on any atom is 0.337 e. The zero-order chi connectivity index (χ0) is 26.2. The molecule has 3 heterocycles. The maximum atomic E-state index is 13.5. The summed E-state index contributed by atoms with van der Waals surface area (Å²) >= 11 is 0. The van der Waals surface area contributed by atoms with Gasteiger partial charge in [0.2, 0.25) is 5.95 Å². The number of esters is 1. The molecule has 1 aromatic heterocycles. The van der Waals surface area contributed by atoms with Crippen molar-refractivity contribution in [2.75, 3.05) is 61.4 Å². The molecule has 1 saturated heterocycles. The molecule has 3 aromatic rings. The molecule has 0 saturated carbocycles. The Morgan fingerprint density at radius 1 is 1.08 bits per heavy atom. The van der Waals surface area contributed by atoms with Crippen LogP contribution >= 0.6 is 0 Å². The largest absolute Gasteiger partial charge is 0.465 e. The summed E-state index contributed by atoms with van der Waals surface area (Å²) in [6, 6.07) is 12.9. The third-order valence-corrected chi connectivity index (χ3v) is 8.50. The molecule has 10 nitrogen and oxygen atoms in total. The summed E-state index contributed by atoms with van der Waals surface area (Å²) in [4.78, 5) is 25.7. The molecular weight excluding hydrogens is 492 g/mol. The molecule has 194 valence electrons. The highest BCUT2D eigenvalue weighted by atomic mass is 32.2. The van der Waals surface area contributed by atoms with Gasteiger partial charge in [-0.2, -0.15) is 0 Å². The summed E-state index contributed by atoms with van der Waals surface area (Å²) in [6.07, 6.45) is 1.94. The van der Waals surface area contributed by atoms with Crippen LogP contribution in [-0.2, 0) is 14.8 Å². The monoisotopic (exact) mass is 522 g/mol. The first-order chi connectivity index (χ1) is 17.8. The second kappa shape index (κ2) is 9.98. The lowest BCUT2D eigenvalue weighted by Crippen LogP contribution is -2.44.